The molecule has 0 saturated heterocycles. The third-order valence-electron chi connectivity index (χ3n) is 4.03. The first kappa shape index (κ1) is 17.2. The summed E-state index contributed by atoms with van der Waals surface area (Å²) in [5.74, 6) is 0.737. The third-order valence-corrected chi connectivity index (χ3v) is 4.03. The van der Waals surface area contributed by atoms with Crippen molar-refractivity contribution in [1.29, 1.82) is 0 Å². The van der Waals surface area contributed by atoms with Crippen LogP contribution in [0.2, 0.25) is 0 Å². The Balaban J connectivity index is 2.62. The van der Waals surface area contributed by atoms with Gasteiger partial charge in [-0.2, -0.15) is 0 Å². The minimum atomic E-state index is 0.408. The number of hydrogen-bond donors (Lipinski definition) is 1. The minimum absolute atomic E-state index is 0.408. The number of hydrogen-bond acceptors (Lipinski definition) is 2. The van der Waals surface area contributed by atoms with Crippen LogP contribution in [-0.4, -0.2) is 31.6 Å². The second-order valence-corrected chi connectivity index (χ2v) is 6.74. The number of likely N-dealkylation sites (N-methyl/N-ethyl adjacent to an activating group) is 1. The van der Waals surface area contributed by atoms with E-state index < -0.39 is 0 Å². The van der Waals surface area contributed by atoms with Crippen LogP contribution in [0.4, 0.5) is 0 Å². The van der Waals surface area contributed by atoms with Gasteiger partial charge in [0.15, 0.2) is 0 Å². The van der Waals surface area contributed by atoms with Crippen LogP contribution in [0.5, 0.6) is 0 Å². The highest BCUT2D eigenvalue weighted by molar-refractivity contribution is 5.32. The van der Waals surface area contributed by atoms with E-state index >= 15 is 0 Å². The van der Waals surface area contributed by atoms with E-state index in [0.29, 0.717) is 12.1 Å². The van der Waals surface area contributed by atoms with Crippen LogP contribution in [0, 0.1) is 19.8 Å². The maximum Gasteiger partial charge on any atom is 0.0295 e. The zero-order valence-electron chi connectivity index (χ0n) is 14.3. The van der Waals surface area contributed by atoms with Crippen LogP contribution in [0.1, 0.15) is 49.9 Å². The molecule has 0 amide bonds. The number of aryl methyl sites for hydroxylation is 2. The Labute approximate surface area is 125 Å². The maximum absolute atomic E-state index is 3.70. The van der Waals surface area contributed by atoms with Crippen molar-refractivity contribution in [3.8, 4) is 0 Å². The van der Waals surface area contributed by atoms with Crippen LogP contribution >= 0.6 is 0 Å². The molecule has 0 heterocycles. The molecule has 1 aromatic rings. The highest BCUT2D eigenvalue weighted by Gasteiger charge is 2.15. The van der Waals surface area contributed by atoms with Crippen molar-refractivity contribution in [3.63, 3.8) is 0 Å². The summed E-state index contributed by atoms with van der Waals surface area (Å²) in [6.07, 6.45) is 1.24. The average Bonchev–Trinajstić information content (AvgIpc) is 2.33. The molecule has 0 aliphatic rings. The van der Waals surface area contributed by atoms with Crippen molar-refractivity contribution < 1.29 is 0 Å². The summed E-state index contributed by atoms with van der Waals surface area (Å²) < 4.78 is 0. The van der Waals surface area contributed by atoms with Crippen molar-refractivity contribution in [2.24, 2.45) is 5.92 Å². The van der Waals surface area contributed by atoms with Crippen molar-refractivity contribution >= 4 is 0 Å². The van der Waals surface area contributed by atoms with Gasteiger partial charge in [0.2, 0.25) is 0 Å². The maximum atomic E-state index is 3.70. The van der Waals surface area contributed by atoms with Gasteiger partial charge >= 0.3 is 0 Å². The summed E-state index contributed by atoms with van der Waals surface area (Å²) in [5.41, 5.74) is 4.14. The zero-order chi connectivity index (χ0) is 15.3. The highest BCUT2D eigenvalue weighted by atomic mass is 15.1. The van der Waals surface area contributed by atoms with E-state index in [-0.39, 0.29) is 0 Å². The second-order valence-electron chi connectivity index (χ2n) is 6.74. The Morgan fingerprint density at radius 2 is 1.75 bits per heavy atom. The normalized spacial score (nSPS) is 14.8. The molecule has 0 aromatic heterocycles. The van der Waals surface area contributed by atoms with Gasteiger partial charge < -0.3 is 10.2 Å². The molecule has 2 nitrogen and oxygen atoms in total. The lowest BCUT2D eigenvalue weighted by atomic mass is 9.99. The van der Waals surface area contributed by atoms with E-state index in [1.54, 1.807) is 0 Å². The van der Waals surface area contributed by atoms with Gasteiger partial charge in [0.1, 0.15) is 0 Å². The minimum Gasteiger partial charge on any atom is -0.309 e. The Morgan fingerprint density at radius 1 is 1.10 bits per heavy atom. The van der Waals surface area contributed by atoms with Crippen LogP contribution in [-0.2, 0) is 0 Å². The lowest BCUT2D eigenvalue weighted by Gasteiger charge is -2.28. The number of benzene rings is 1. The van der Waals surface area contributed by atoms with Crippen molar-refractivity contribution in [3.05, 3.63) is 34.9 Å². The summed E-state index contributed by atoms with van der Waals surface area (Å²) in [7, 11) is 4.35. The highest BCUT2D eigenvalue weighted by Crippen LogP contribution is 2.19. The predicted octanol–water partition coefficient (Wildman–Crippen LogP) is 3.93. The molecule has 2 atom stereocenters. The van der Waals surface area contributed by atoms with E-state index in [1.165, 1.54) is 23.1 Å². The summed E-state index contributed by atoms with van der Waals surface area (Å²) in [6.45, 7) is 12.3. The number of rotatable bonds is 7. The van der Waals surface area contributed by atoms with E-state index in [1.807, 2.05) is 0 Å². The van der Waals surface area contributed by atoms with E-state index in [2.05, 4.69) is 77.1 Å². The topological polar surface area (TPSA) is 15.3 Å². The molecule has 2 unspecified atom stereocenters. The summed E-state index contributed by atoms with van der Waals surface area (Å²) in [6, 6.07) is 7.74. The fourth-order valence-electron chi connectivity index (χ4n) is 2.76. The molecule has 0 aliphatic carbocycles. The molecule has 0 spiro atoms. The summed E-state index contributed by atoms with van der Waals surface area (Å²) >= 11 is 0. The largest absolute Gasteiger partial charge is 0.309 e. The van der Waals surface area contributed by atoms with Gasteiger partial charge in [-0.05, 0) is 58.3 Å². The van der Waals surface area contributed by atoms with E-state index in [0.717, 1.165) is 12.5 Å². The first-order chi connectivity index (χ1) is 9.31. The van der Waals surface area contributed by atoms with E-state index in [4.69, 9.17) is 0 Å². The standard InChI is InChI=1S/C18H32N2/c1-13(2)10-17(20(6)7)12-19-16(5)18-9-8-14(3)11-15(18)4/h8-9,11,13,16-17,19H,10,12H2,1-7H3. The van der Waals surface area contributed by atoms with Gasteiger partial charge in [-0.25, -0.2) is 0 Å². The Hall–Kier alpha value is -0.860. The molecule has 20 heavy (non-hydrogen) atoms. The first-order valence-corrected chi connectivity index (χ1v) is 7.78. The van der Waals surface area contributed by atoms with Gasteiger partial charge in [0.25, 0.3) is 0 Å². The fraction of sp³-hybridized carbons (Fsp3) is 0.667. The van der Waals surface area contributed by atoms with Crippen LogP contribution in [0.3, 0.4) is 0 Å². The van der Waals surface area contributed by atoms with Gasteiger partial charge in [0, 0.05) is 18.6 Å². The van der Waals surface area contributed by atoms with Crippen LogP contribution in [0.25, 0.3) is 0 Å². The van der Waals surface area contributed by atoms with Crippen LogP contribution < -0.4 is 5.32 Å². The van der Waals surface area contributed by atoms with Gasteiger partial charge in [0.05, 0.1) is 0 Å². The summed E-state index contributed by atoms with van der Waals surface area (Å²) in [5, 5.41) is 3.70. The van der Waals surface area contributed by atoms with Gasteiger partial charge in [-0.15, -0.1) is 0 Å². The monoisotopic (exact) mass is 276 g/mol. The molecule has 0 fully saturated rings. The third kappa shape index (κ3) is 5.26. The summed E-state index contributed by atoms with van der Waals surface area (Å²) in [4.78, 5) is 2.34. The Kier molecular flexibility index (Phi) is 6.70. The lowest BCUT2D eigenvalue weighted by molar-refractivity contribution is 0.242. The lowest BCUT2D eigenvalue weighted by Crippen LogP contribution is -2.39. The smallest absolute Gasteiger partial charge is 0.0295 e. The Morgan fingerprint density at radius 3 is 2.25 bits per heavy atom. The van der Waals surface area contributed by atoms with Crippen LogP contribution in [0.15, 0.2) is 18.2 Å². The molecule has 1 rings (SSSR count). The Bertz CT molecular complexity index is 410. The molecule has 0 saturated carbocycles. The van der Waals surface area contributed by atoms with Crippen molar-refractivity contribution in [2.75, 3.05) is 20.6 Å². The van der Waals surface area contributed by atoms with E-state index in [9.17, 15) is 0 Å². The molecule has 1 N–H and O–H groups in total. The number of nitrogens with zero attached hydrogens (tertiary/aromatic N) is 1. The fourth-order valence-corrected chi connectivity index (χ4v) is 2.76. The molecule has 1 aromatic carbocycles. The molecular formula is C18H32N2. The molecular weight excluding hydrogens is 244 g/mol. The SMILES string of the molecule is Cc1ccc(C(C)NCC(CC(C)C)N(C)C)c(C)c1. The van der Waals surface area contributed by atoms with Gasteiger partial charge in [-0.1, -0.05) is 37.6 Å². The van der Waals surface area contributed by atoms with Gasteiger partial charge in [-0.3, -0.25) is 0 Å². The second kappa shape index (κ2) is 7.80. The first-order valence-electron chi connectivity index (χ1n) is 7.78. The predicted molar refractivity (Wildman–Crippen MR) is 89.3 cm³/mol. The number of nitrogens with one attached hydrogen (secondary N) is 1. The molecule has 0 aliphatic heterocycles. The molecule has 0 bridgehead atoms. The molecule has 0 radical (unpaired) electrons. The average molecular weight is 276 g/mol. The molecule has 114 valence electrons. The van der Waals surface area contributed by atoms with Crippen molar-refractivity contribution in [1.82, 2.24) is 10.2 Å². The quantitative estimate of drug-likeness (QED) is 0.811. The van der Waals surface area contributed by atoms with Crippen molar-refractivity contribution in [2.45, 2.75) is 53.1 Å². The molecule has 2 heteroatoms. The zero-order valence-corrected chi connectivity index (χ0v) is 14.3.